The normalized spacial score (nSPS) is 11.4. The van der Waals surface area contributed by atoms with Crippen molar-refractivity contribution in [2.45, 2.75) is 6.18 Å². The van der Waals surface area contributed by atoms with E-state index in [1.807, 2.05) is 0 Å². The van der Waals surface area contributed by atoms with Gasteiger partial charge >= 0.3 is 6.18 Å². The maximum absolute atomic E-state index is 12.4. The van der Waals surface area contributed by atoms with Crippen LogP contribution in [0.1, 0.15) is 5.56 Å². The van der Waals surface area contributed by atoms with Gasteiger partial charge in [0.15, 0.2) is 0 Å². The van der Waals surface area contributed by atoms with Crippen LogP contribution in [-0.4, -0.2) is 5.11 Å². The molecule has 6 heteroatoms. The van der Waals surface area contributed by atoms with Crippen LogP contribution in [0, 0.1) is 0 Å². The minimum atomic E-state index is -4.36. The fourth-order valence-corrected chi connectivity index (χ4v) is 1.76. The first-order valence-corrected chi connectivity index (χ1v) is 5.99. The third-order valence-corrected chi connectivity index (χ3v) is 2.97. The summed E-state index contributed by atoms with van der Waals surface area (Å²) in [5.74, 6) is 0.745. The number of rotatable bonds is 2. The quantitative estimate of drug-likeness (QED) is 0.841. The van der Waals surface area contributed by atoms with Crippen molar-refractivity contribution < 1.29 is 23.0 Å². The Morgan fingerprint density at radius 1 is 0.947 bits per heavy atom. The number of hydrogen-bond acceptors (Lipinski definition) is 2. The number of phenols is 1. The van der Waals surface area contributed by atoms with Crippen molar-refractivity contribution in [3.63, 3.8) is 0 Å². The lowest BCUT2D eigenvalue weighted by atomic mass is 10.2. The van der Waals surface area contributed by atoms with Crippen LogP contribution < -0.4 is 4.74 Å². The minimum absolute atomic E-state index is 0.0553. The van der Waals surface area contributed by atoms with E-state index in [0.717, 1.165) is 12.1 Å². The average Bonchev–Trinajstić information content (AvgIpc) is 2.33. The molecule has 2 aromatic rings. The first-order valence-electron chi connectivity index (χ1n) is 5.20. The summed E-state index contributed by atoms with van der Waals surface area (Å²) in [4.78, 5) is 0. The molecule has 0 bridgehead atoms. The highest BCUT2D eigenvalue weighted by Crippen LogP contribution is 2.33. The molecule has 1 N–H and O–H groups in total. The molecule has 0 aromatic heterocycles. The highest BCUT2D eigenvalue weighted by Gasteiger charge is 2.30. The topological polar surface area (TPSA) is 29.5 Å². The van der Waals surface area contributed by atoms with Gasteiger partial charge in [0.1, 0.15) is 17.2 Å². The molecule has 0 amide bonds. The molecule has 0 heterocycles. The SMILES string of the molecule is Oc1ccc(Oc2ccc(C(F)(F)F)cc2)cc1Br. The van der Waals surface area contributed by atoms with Crippen molar-refractivity contribution in [1.82, 2.24) is 0 Å². The van der Waals surface area contributed by atoms with Gasteiger partial charge < -0.3 is 9.84 Å². The van der Waals surface area contributed by atoms with Gasteiger partial charge in [-0.1, -0.05) is 0 Å². The molecule has 19 heavy (non-hydrogen) atoms. The zero-order chi connectivity index (χ0) is 14.0. The Labute approximate surface area is 115 Å². The number of halogens is 4. The zero-order valence-electron chi connectivity index (χ0n) is 9.41. The standard InChI is InChI=1S/C13H8BrF3O2/c14-11-7-10(5-6-12(11)18)19-9-3-1-8(2-4-9)13(15,16)17/h1-7,18H. The van der Waals surface area contributed by atoms with E-state index in [2.05, 4.69) is 15.9 Å². The minimum Gasteiger partial charge on any atom is -0.507 e. The van der Waals surface area contributed by atoms with Gasteiger partial charge in [0.25, 0.3) is 0 Å². The Hall–Kier alpha value is -1.69. The van der Waals surface area contributed by atoms with Crippen LogP contribution in [0.3, 0.4) is 0 Å². The van der Waals surface area contributed by atoms with E-state index in [1.54, 1.807) is 0 Å². The number of alkyl halides is 3. The average molecular weight is 333 g/mol. The number of benzene rings is 2. The summed E-state index contributed by atoms with van der Waals surface area (Å²) in [7, 11) is 0. The Morgan fingerprint density at radius 2 is 1.53 bits per heavy atom. The summed E-state index contributed by atoms with van der Waals surface area (Å²) in [6, 6.07) is 8.83. The fraction of sp³-hybridized carbons (Fsp3) is 0.0769. The smallest absolute Gasteiger partial charge is 0.416 e. The number of hydrogen-bond donors (Lipinski definition) is 1. The third kappa shape index (κ3) is 3.41. The molecule has 0 radical (unpaired) electrons. The maximum atomic E-state index is 12.4. The molecule has 2 rings (SSSR count). The van der Waals surface area contributed by atoms with Crippen molar-refractivity contribution in [2.75, 3.05) is 0 Å². The molecule has 2 nitrogen and oxygen atoms in total. The summed E-state index contributed by atoms with van der Waals surface area (Å²) in [5.41, 5.74) is -0.730. The van der Waals surface area contributed by atoms with Gasteiger partial charge in [-0.25, -0.2) is 0 Å². The third-order valence-electron chi connectivity index (χ3n) is 2.34. The van der Waals surface area contributed by atoms with E-state index in [0.29, 0.717) is 10.2 Å². The molecule has 100 valence electrons. The lowest BCUT2D eigenvalue weighted by molar-refractivity contribution is -0.137. The highest BCUT2D eigenvalue weighted by molar-refractivity contribution is 9.10. The first-order chi connectivity index (χ1) is 8.86. The maximum Gasteiger partial charge on any atom is 0.416 e. The van der Waals surface area contributed by atoms with Gasteiger partial charge in [-0.05, 0) is 58.4 Å². The second-order valence-electron chi connectivity index (χ2n) is 3.74. The molecule has 0 aliphatic carbocycles. The molecule has 0 saturated heterocycles. The second kappa shape index (κ2) is 5.13. The molecule has 0 spiro atoms. The Morgan fingerprint density at radius 3 is 2.05 bits per heavy atom. The van der Waals surface area contributed by atoms with E-state index in [1.165, 1.54) is 30.3 Å². The molecule has 0 aliphatic heterocycles. The number of ether oxygens (including phenoxy) is 1. The van der Waals surface area contributed by atoms with Gasteiger partial charge in [-0.15, -0.1) is 0 Å². The van der Waals surface area contributed by atoms with Gasteiger partial charge in [-0.2, -0.15) is 13.2 Å². The van der Waals surface area contributed by atoms with E-state index in [4.69, 9.17) is 4.74 Å². The van der Waals surface area contributed by atoms with Crippen LogP contribution >= 0.6 is 15.9 Å². The largest absolute Gasteiger partial charge is 0.507 e. The zero-order valence-corrected chi connectivity index (χ0v) is 11.0. The second-order valence-corrected chi connectivity index (χ2v) is 4.59. The van der Waals surface area contributed by atoms with Crippen molar-refractivity contribution in [3.8, 4) is 17.2 Å². The molecular formula is C13H8BrF3O2. The van der Waals surface area contributed by atoms with Crippen LogP contribution in [0.25, 0.3) is 0 Å². The van der Waals surface area contributed by atoms with E-state index < -0.39 is 11.7 Å². The Balaban J connectivity index is 2.17. The lowest BCUT2D eigenvalue weighted by Crippen LogP contribution is -2.03. The van der Waals surface area contributed by atoms with Crippen molar-refractivity contribution in [1.29, 1.82) is 0 Å². The predicted octanol–water partition coefficient (Wildman–Crippen LogP) is 4.97. The number of aromatic hydroxyl groups is 1. The summed E-state index contributed by atoms with van der Waals surface area (Å²) < 4.78 is 42.9. The van der Waals surface area contributed by atoms with Gasteiger partial charge in [0.05, 0.1) is 10.0 Å². The van der Waals surface area contributed by atoms with Gasteiger partial charge in [0, 0.05) is 0 Å². The molecule has 0 unspecified atom stereocenters. The molecule has 0 fully saturated rings. The molecule has 0 saturated carbocycles. The van der Waals surface area contributed by atoms with Crippen LogP contribution in [0.5, 0.6) is 17.2 Å². The fourth-order valence-electron chi connectivity index (χ4n) is 1.40. The molecule has 0 atom stereocenters. The lowest BCUT2D eigenvalue weighted by Gasteiger charge is -2.09. The summed E-state index contributed by atoms with van der Waals surface area (Å²) >= 11 is 3.12. The van der Waals surface area contributed by atoms with E-state index >= 15 is 0 Å². The van der Waals surface area contributed by atoms with Gasteiger partial charge in [-0.3, -0.25) is 0 Å². The van der Waals surface area contributed by atoms with E-state index in [9.17, 15) is 18.3 Å². The van der Waals surface area contributed by atoms with Crippen LogP contribution in [0.15, 0.2) is 46.9 Å². The Bertz CT molecular complexity index is 579. The highest BCUT2D eigenvalue weighted by atomic mass is 79.9. The van der Waals surface area contributed by atoms with Gasteiger partial charge in [0.2, 0.25) is 0 Å². The van der Waals surface area contributed by atoms with Crippen molar-refractivity contribution in [2.24, 2.45) is 0 Å². The van der Waals surface area contributed by atoms with Crippen molar-refractivity contribution >= 4 is 15.9 Å². The summed E-state index contributed by atoms with van der Waals surface area (Å²) in [6.45, 7) is 0. The monoisotopic (exact) mass is 332 g/mol. The van der Waals surface area contributed by atoms with Crippen LogP contribution in [0.2, 0.25) is 0 Å². The van der Waals surface area contributed by atoms with Crippen LogP contribution in [0.4, 0.5) is 13.2 Å². The summed E-state index contributed by atoms with van der Waals surface area (Å²) in [6.07, 6.45) is -4.36. The number of phenolic OH excluding ortho intramolecular Hbond substituents is 1. The Kier molecular flexibility index (Phi) is 3.71. The molecular weight excluding hydrogens is 325 g/mol. The van der Waals surface area contributed by atoms with E-state index in [-0.39, 0.29) is 11.5 Å². The molecule has 2 aromatic carbocycles. The van der Waals surface area contributed by atoms with Crippen LogP contribution in [-0.2, 0) is 6.18 Å². The summed E-state index contributed by atoms with van der Waals surface area (Å²) in [5, 5.41) is 9.31. The first kappa shape index (κ1) is 13.7. The van der Waals surface area contributed by atoms with Crippen molar-refractivity contribution in [3.05, 3.63) is 52.5 Å². The molecule has 0 aliphatic rings. The predicted molar refractivity (Wildman–Crippen MR) is 67.3 cm³/mol.